The number of likely N-dealkylation sites (tertiary alicyclic amines) is 1. The molecule has 1 N–H and O–H groups in total. The summed E-state index contributed by atoms with van der Waals surface area (Å²) in [6.45, 7) is 10.2. The van der Waals surface area contributed by atoms with Crippen LogP contribution in [0.5, 0.6) is 0 Å². The van der Waals surface area contributed by atoms with Gasteiger partial charge in [0.25, 0.3) is 0 Å². The van der Waals surface area contributed by atoms with Crippen LogP contribution in [0, 0.1) is 17.2 Å². The van der Waals surface area contributed by atoms with Gasteiger partial charge in [-0.25, -0.2) is 0 Å². The number of rotatable bonds is 2. The highest BCUT2D eigenvalue weighted by molar-refractivity contribution is 6.02. The van der Waals surface area contributed by atoms with E-state index in [1.807, 2.05) is 0 Å². The first-order valence-corrected chi connectivity index (χ1v) is 9.76. The molecule has 1 aromatic heterocycles. The van der Waals surface area contributed by atoms with Gasteiger partial charge in [0.1, 0.15) is 0 Å². The van der Waals surface area contributed by atoms with E-state index in [9.17, 15) is 9.70 Å². The minimum atomic E-state index is -0.218. The normalized spacial score (nSPS) is 27.3. The van der Waals surface area contributed by atoms with Crippen LogP contribution in [0.15, 0.2) is 6.08 Å². The second kappa shape index (κ2) is 6.12. The zero-order valence-corrected chi connectivity index (χ0v) is 16.0. The maximum atomic E-state index is 12.8. The SMILES string of the molecule is CC(C)(C)[N+]1(C[C@@H]2CCc3c4c(n[nH][n+]3=O)C=CC(=O)C42)CC[CH]CC1. The number of allylic oxidation sites excluding steroid dienone is 1. The van der Waals surface area contributed by atoms with Crippen LogP contribution in [-0.4, -0.2) is 45.8 Å². The van der Waals surface area contributed by atoms with Crippen molar-refractivity contribution in [3.8, 4) is 0 Å². The van der Waals surface area contributed by atoms with Gasteiger partial charge >= 0.3 is 0 Å². The number of piperidine rings is 1. The van der Waals surface area contributed by atoms with Crippen molar-refractivity contribution in [2.24, 2.45) is 5.92 Å². The van der Waals surface area contributed by atoms with Gasteiger partial charge in [0.2, 0.25) is 5.69 Å². The van der Waals surface area contributed by atoms with Gasteiger partial charge in [-0.1, -0.05) is 0 Å². The number of aromatic amines is 1. The lowest BCUT2D eigenvalue weighted by molar-refractivity contribution is -0.976. The molecule has 2 heterocycles. The largest absolute Gasteiger partial charge is 0.319 e. The average Bonchev–Trinajstić information content (AvgIpc) is 2.60. The fourth-order valence-electron chi connectivity index (χ4n) is 5.25. The summed E-state index contributed by atoms with van der Waals surface area (Å²) in [4.78, 5) is 25.0. The smallest absolute Gasteiger partial charge is 0.209 e. The molecule has 1 saturated heterocycles. The molecule has 0 saturated carbocycles. The minimum absolute atomic E-state index is 0.132. The van der Waals surface area contributed by atoms with E-state index < -0.39 is 0 Å². The fourth-order valence-corrected chi connectivity index (χ4v) is 5.25. The summed E-state index contributed by atoms with van der Waals surface area (Å²) in [5.41, 5.74) is 2.48. The Balaban J connectivity index is 1.74. The number of quaternary nitrogens is 1. The van der Waals surface area contributed by atoms with Crippen LogP contribution in [0.3, 0.4) is 0 Å². The van der Waals surface area contributed by atoms with Crippen molar-refractivity contribution < 1.29 is 13.8 Å². The lowest BCUT2D eigenvalue weighted by Gasteiger charge is -2.53. The molecule has 1 radical (unpaired) electrons. The van der Waals surface area contributed by atoms with Crippen molar-refractivity contribution in [1.29, 1.82) is 0 Å². The van der Waals surface area contributed by atoms with Gasteiger partial charge in [-0.15, -0.1) is 0 Å². The van der Waals surface area contributed by atoms with Gasteiger partial charge in [-0.3, -0.25) is 4.79 Å². The first-order valence-electron chi connectivity index (χ1n) is 9.76. The van der Waals surface area contributed by atoms with Crippen LogP contribution < -0.4 is 4.54 Å². The van der Waals surface area contributed by atoms with Crippen LogP contribution in [0.2, 0.25) is 0 Å². The molecule has 1 fully saturated rings. The Bertz CT molecular complexity index is 812. The van der Waals surface area contributed by atoms with Crippen LogP contribution in [-0.2, 0) is 11.2 Å². The summed E-state index contributed by atoms with van der Waals surface area (Å²) in [6, 6.07) is 0. The monoisotopic (exact) mass is 357 g/mol. The summed E-state index contributed by atoms with van der Waals surface area (Å²) in [5, 5.41) is 6.69. The van der Waals surface area contributed by atoms with Gasteiger partial charge < -0.3 is 4.48 Å². The molecule has 2 aliphatic carbocycles. The first-order chi connectivity index (χ1) is 12.3. The van der Waals surface area contributed by atoms with Crippen LogP contribution in [0.1, 0.15) is 62.9 Å². The Hall–Kier alpha value is -1.82. The van der Waals surface area contributed by atoms with E-state index in [1.165, 1.54) is 0 Å². The van der Waals surface area contributed by atoms with Gasteiger partial charge in [0.15, 0.2) is 11.5 Å². The highest BCUT2D eigenvalue weighted by Crippen LogP contribution is 2.43. The molecular formula is C20H29N4O2+2. The Kier molecular flexibility index (Phi) is 4.14. The molecule has 2 atom stereocenters. The molecule has 26 heavy (non-hydrogen) atoms. The molecular weight excluding hydrogens is 328 g/mol. The van der Waals surface area contributed by atoms with E-state index in [0.29, 0.717) is 12.1 Å². The number of nitrogens with zero attached hydrogens (tertiary/aromatic N) is 3. The highest BCUT2D eigenvalue weighted by atomic mass is 16.3. The van der Waals surface area contributed by atoms with Crippen LogP contribution >= 0.6 is 0 Å². The Morgan fingerprint density at radius 2 is 2.00 bits per heavy atom. The Morgan fingerprint density at radius 1 is 1.27 bits per heavy atom. The standard InChI is InChI=1S/C20H28N4O2/c1-20(2,3)24(11-5-4-6-12-24)13-14-7-9-16-19-15(21-22-23(16)26)8-10-17(25)18(14)19/h4,8,10,14,18H,5-7,9,11-13H2,1-3H3/q+1/p+1/t14-,18?/m0/s1. The molecule has 0 bridgehead atoms. The zero-order valence-electron chi connectivity index (χ0n) is 16.0. The van der Waals surface area contributed by atoms with E-state index in [-0.39, 0.29) is 23.2 Å². The van der Waals surface area contributed by atoms with Gasteiger partial charge in [-0.2, -0.15) is 0 Å². The molecule has 6 nitrogen and oxygen atoms in total. The highest BCUT2D eigenvalue weighted by Gasteiger charge is 2.49. The third kappa shape index (κ3) is 2.66. The summed E-state index contributed by atoms with van der Waals surface area (Å²) in [5.74, 6) is 0.177. The maximum Gasteiger partial charge on any atom is 0.209 e. The van der Waals surface area contributed by atoms with Gasteiger partial charge in [0, 0.05) is 17.4 Å². The van der Waals surface area contributed by atoms with Crippen LogP contribution in [0.25, 0.3) is 6.08 Å². The second-order valence-electron chi connectivity index (χ2n) is 9.08. The quantitative estimate of drug-likeness (QED) is 0.651. The Labute approximate surface area is 154 Å². The fraction of sp³-hybridized carbons (Fsp3) is 0.650. The number of hydrogen-bond acceptors (Lipinski definition) is 3. The molecule has 4 rings (SSSR count). The number of H-pyrrole nitrogens is 1. The van der Waals surface area contributed by atoms with Crippen LogP contribution in [0.4, 0.5) is 0 Å². The predicted molar refractivity (Wildman–Crippen MR) is 98.7 cm³/mol. The molecule has 139 valence electrons. The van der Waals surface area contributed by atoms with Crippen molar-refractivity contribution in [2.45, 2.75) is 57.9 Å². The predicted octanol–water partition coefficient (Wildman–Crippen LogP) is 2.18. The molecule has 3 aliphatic rings. The summed E-state index contributed by atoms with van der Waals surface area (Å²) in [6.07, 6.45) is 9.67. The third-order valence-corrected chi connectivity index (χ3v) is 6.87. The Morgan fingerprint density at radius 3 is 2.69 bits per heavy atom. The van der Waals surface area contributed by atoms with E-state index in [1.54, 1.807) is 12.2 Å². The molecule has 0 amide bonds. The van der Waals surface area contributed by atoms with Gasteiger partial charge in [0.05, 0.1) is 41.2 Å². The topological polar surface area (TPSA) is 68.7 Å². The molecule has 1 aliphatic heterocycles. The molecule has 0 aromatic carbocycles. The van der Waals surface area contributed by atoms with E-state index in [4.69, 9.17) is 0 Å². The number of nitrogens with one attached hydrogen (secondary N) is 1. The lowest BCUT2D eigenvalue weighted by atomic mass is 9.71. The number of aromatic nitrogens is 3. The number of carbonyl (C=O) groups is 1. The summed E-state index contributed by atoms with van der Waals surface area (Å²) < 4.78 is 1.80. The molecule has 1 aromatic rings. The van der Waals surface area contributed by atoms with Gasteiger partial charge in [-0.05, 0) is 68.7 Å². The average molecular weight is 357 g/mol. The first kappa shape index (κ1) is 17.6. The van der Waals surface area contributed by atoms with E-state index in [0.717, 1.165) is 59.2 Å². The summed E-state index contributed by atoms with van der Waals surface area (Å²) >= 11 is 0. The van der Waals surface area contributed by atoms with Crippen molar-refractivity contribution in [3.05, 3.63) is 34.4 Å². The van der Waals surface area contributed by atoms with E-state index >= 15 is 0 Å². The third-order valence-electron chi connectivity index (χ3n) is 6.87. The maximum absolute atomic E-state index is 12.8. The van der Waals surface area contributed by atoms with E-state index in [2.05, 4.69) is 37.5 Å². The molecule has 6 heteroatoms. The molecule has 1 unspecified atom stereocenters. The number of hydrogen-bond donors (Lipinski definition) is 1. The molecule has 0 spiro atoms. The minimum Gasteiger partial charge on any atom is -0.319 e. The second-order valence-corrected chi connectivity index (χ2v) is 9.08. The number of ketones is 1. The van der Waals surface area contributed by atoms with Crippen molar-refractivity contribution in [3.63, 3.8) is 0 Å². The van der Waals surface area contributed by atoms with Crippen molar-refractivity contribution >= 4 is 11.9 Å². The zero-order chi connectivity index (χ0) is 18.5. The number of carbonyl (C=O) groups excluding carboxylic acids is 1. The summed E-state index contributed by atoms with van der Waals surface area (Å²) in [7, 11) is 0. The van der Waals surface area contributed by atoms with Crippen molar-refractivity contribution in [1.82, 2.24) is 10.3 Å². The lowest BCUT2D eigenvalue weighted by Crippen LogP contribution is -2.65. The van der Waals surface area contributed by atoms with Crippen molar-refractivity contribution in [2.75, 3.05) is 19.6 Å².